The van der Waals surface area contributed by atoms with Gasteiger partial charge in [-0.2, -0.15) is 4.39 Å². The SMILES string of the molecule is Nc1ncnc(Nc2cc(Cl)c3n(c2=O)C2(CCCCC2)NC3=O)c1F. The number of hydrogen-bond acceptors (Lipinski definition) is 6. The van der Waals surface area contributed by atoms with Crippen LogP contribution < -0.4 is 21.9 Å². The van der Waals surface area contributed by atoms with Crippen LogP contribution in [0.3, 0.4) is 0 Å². The number of carbonyl (C=O) groups excluding carboxylic acids is 1. The Hall–Kier alpha value is -2.68. The highest BCUT2D eigenvalue weighted by molar-refractivity contribution is 6.34. The van der Waals surface area contributed by atoms with Crippen LogP contribution in [0.2, 0.25) is 5.02 Å². The zero-order valence-electron chi connectivity index (χ0n) is 13.7. The van der Waals surface area contributed by atoms with Gasteiger partial charge in [-0.3, -0.25) is 14.2 Å². The zero-order chi connectivity index (χ0) is 18.5. The van der Waals surface area contributed by atoms with E-state index in [1.165, 1.54) is 10.6 Å². The number of nitrogens with zero attached hydrogens (tertiary/aromatic N) is 3. The average molecular weight is 379 g/mol. The topological polar surface area (TPSA) is 115 Å². The maximum absolute atomic E-state index is 14.1. The summed E-state index contributed by atoms with van der Waals surface area (Å²) in [6.07, 6.45) is 5.18. The number of rotatable bonds is 2. The maximum Gasteiger partial charge on any atom is 0.276 e. The molecule has 1 aliphatic heterocycles. The Morgan fingerprint density at radius 3 is 2.73 bits per heavy atom. The smallest absolute Gasteiger partial charge is 0.276 e. The first kappa shape index (κ1) is 16.8. The molecule has 3 heterocycles. The second-order valence-electron chi connectivity index (χ2n) is 6.49. The van der Waals surface area contributed by atoms with Crippen molar-refractivity contribution in [3.8, 4) is 0 Å². The molecule has 0 atom stereocenters. The lowest BCUT2D eigenvalue weighted by atomic mass is 9.89. The summed E-state index contributed by atoms with van der Waals surface area (Å²) in [4.78, 5) is 32.8. The van der Waals surface area contributed by atoms with E-state index in [1.807, 2.05) is 0 Å². The highest BCUT2D eigenvalue weighted by Gasteiger charge is 2.45. The van der Waals surface area contributed by atoms with Gasteiger partial charge < -0.3 is 16.4 Å². The van der Waals surface area contributed by atoms with Crippen LogP contribution in [0.25, 0.3) is 0 Å². The normalized spacial score (nSPS) is 17.8. The van der Waals surface area contributed by atoms with E-state index in [0.29, 0.717) is 12.8 Å². The lowest BCUT2D eigenvalue weighted by molar-refractivity contribution is 0.0877. The number of anilines is 3. The molecule has 0 radical (unpaired) electrons. The number of nitrogens with one attached hydrogen (secondary N) is 2. The fourth-order valence-corrected chi connectivity index (χ4v) is 3.98. The molecular formula is C16H16ClFN6O2. The van der Waals surface area contributed by atoms with Crippen molar-refractivity contribution in [1.82, 2.24) is 19.9 Å². The fraction of sp³-hybridized carbons (Fsp3) is 0.375. The summed E-state index contributed by atoms with van der Waals surface area (Å²) in [6.45, 7) is 0. The van der Waals surface area contributed by atoms with Gasteiger partial charge in [0.2, 0.25) is 5.82 Å². The third-order valence-corrected chi connectivity index (χ3v) is 5.18. The maximum atomic E-state index is 14.1. The molecule has 26 heavy (non-hydrogen) atoms. The summed E-state index contributed by atoms with van der Waals surface area (Å²) in [5, 5.41) is 5.65. The van der Waals surface area contributed by atoms with Crippen molar-refractivity contribution in [2.45, 2.75) is 37.8 Å². The van der Waals surface area contributed by atoms with E-state index in [0.717, 1.165) is 25.6 Å². The highest BCUT2D eigenvalue weighted by Crippen LogP contribution is 2.38. The van der Waals surface area contributed by atoms with Crippen LogP contribution in [0, 0.1) is 5.82 Å². The van der Waals surface area contributed by atoms with E-state index in [4.69, 9.17) is 17.3 Å². The first-order valence-corrected chi connectivity index (χ1v) is 8.62. The quantitative estimate of drug-likeness (QED) is 0.737. The van der Waals surface area contributed by atoms with Gasteiger partial charge in [-0.15, -0.1) is 0 Å². The van der Waals surface area contributed by atoms with Crippen molar-refractivity contribution >= 4 is 34.8 Å². The number of aromatic nitrogens is 3. The molecule has 8 nitrogen and oxygen atoms in total. The summed E-state index contributed by atoms with van der Waals surface area (Å²) in [7, 11) is 0. The minimum atomic E-state index is -0.866. The molecule has 0 saturated heterocycles. The van der Waals surface area contributed by atoms with E-state index in [-0.39, 0.29) is 33.9 Å². The Morgan fingerprint density at radius 2 is 2.00 bits per heavy atom. The summed E-state index contributed by atoms with van der Waals surface area (Å²) in [5.41, 5.74) is 4.32. The monoisotopic (exact) mass is 378 g/mol. The van der Waals surface area contributed by atoms with Crippen molar-refractivity contribution in [2.24, 2.45) is 0 Å². The third kappa shape index (κ3) is 2.42. The number of nitrogen functional groups attached to an aromatic ring is 1. The van der Waals surface area contributed by atoms with Gasteiger partial charge in [-0.1, -0.05) is 18.0 Å². The number of pyridine rings is 1. The van der Waals surface area contributed by atoms with E-state index in [9.17, 15) is 14.0 Å². The standard InChI is InChI=1S/C16H16ClFN6O2/c17-8-6-9(22-13-10(18)12(19)20-7-21-13)15(26)24-11(8)14(25)23-16(24)4-2-1-3-5-16/h6-7H,1-5H2,(H,23,25)(H3,19,20,21,22). The molecule has 1 saturated carbocycles. The first-order valence-electron chi connectivity index (χ1n) is 8.24. The third-order valence-electron chi connectivity index (χ3n) is 4.89. The number of halogens is 2. The Bertz CT molecular complexity index is 970. The fourth-order valence-electron chi connectivity index (χ4n) is 3.70. The molecule has 0 aromatic carbocycles. The Labute approximate surface area is 152 Å². The van der Waals surface area contributed by atoms with Crippen LogP contribution in [0.4, 0.5) is 21.7 Å². The van der Waals surface area contributed by atoms with Crippen LogP contribution in [0.1, 0.15) is 42.6 Å². The predicted octanol–water partition coefficient (Wildman–Crippen LogP) is 2.12. The number of fused-ring (bicyclic) bond motifs is 2. The second kappa shape index (κ2) is 5.94. The number of nitrogens with two attached hydrogens (primary N) is 1. The van der Waals surface area contributed by atoms with Gasteiger partial charge in [-0.25, -0.2) is 9.97 Å². The van der Waals surface area contributed by atoms with Crippen LogP contribution >= 0.6 is 11.6 Å². The van der Waals surface area contributed by atoms with E-state index < -0.39 is 17.0 Å². The van der Waals surface area contributed by atoms with E-state index in [1.54, 1.807) is 0 Å². The van der Waals surface area contributed by atoms with E-state index >= 15 is 0 Å². The van der Waals surface area contributed by atoms with Crippen LogP contribution in [-0.4, -0.2) is 20.4 Å². The molecule has 1 spiro atoms. The molecule has 1 fully saturated rings. The van der Waals surface area contributed by atoms with Crippen LogP contribution in [-0.2, 0) is 5.66 Å². The summed E-state index contributed by atoms with van der Waals surface area (Å²) >= 11 is 6.27. The molecule has 2 aliphatic rings. The lowest BCUT2D eigenvalue weighted by Gasteiger charge is -2.35. The number of carbonyl (C=O) groups is 1. The molecule has 0 unspecified atom stereocenters. The van der Waals surface area contributed by atoms with Gasteiger partial charge in [0.25, 0.3) is 11.5 Å². The van der Waals surface area contributed by atoms with Crippen molar-refractivity contribution < 1.29 is 9.18 Å². The number of amides is 1. The van der Waals surface area contributed by atoms with Crippen molar-refractivity contribution in [3.05, 3.63) is 39.3 Å². The van der Waals surface area contributed by atoms with Gasteiger partial charge in [0, 0.05) is 0 Å². The van der Waals surface area contributed by atoms with Gasteiger partial charge in [0.15, 0.2) is 11.6 Å². The molecule has 4 N–H and O–H groups in total. The largest absolute Gasteiger partial charge is 0.381 e. The number of hydrogen-bond donors (Lipinski definition) is 3. The molecule has 136 valence electrons. The lowest BCUT2D eigenvalue weighted by Crippen LogP contribution is -2.48. The van der Waals surface area contributed by atoms with Gasteiger partial charge >= 0.3 is 0 Å². The van der Waals surface area contributed by atoms with Crippen molar-refractivity contribution in [2.75, 3.05) is 11.1 Å². The first-order chi connectivity index (χ1) is 12.4. The molecule has 1 amide bonds. The second-order valence-corrected chi connectivity index (χ2v) is 6.90. The van der Waals surface area contributed by atoms with Crippen LogP contribution in [0.5, 0.6) is 0 Å². The molecule has 4 rings (SSSR count). The Kier molecular flexibility index (Phi) is 3.83. The molecule has 1 aliphatic carbocycles. The summed E-state index contributed by atoms with van der Waals surface area (Å²) in [6, 6.07) is 1.30. The van der Waals surface area contributed by atoms with Crippen molar-refractivity contribution in [1.29, 1.82) is 0 Å². The summed E-state index contributed by atoms with van der Waals surface area (Å²) < 4.78 is 15.5. The molecular weight excluding hydrogens is 363 g/mol. The zero-order valence-corrected chi connectivity index (χ0v) is 14.4. The van der Waals surface area contributed by atoms with Gasteiger partial charge in [0.05, 0.1) is 5.02 Å². The molecule has 2 aromatic rings. The minimum absolute atomic E-state index is 0.0113. The highest BCUT2D eigenvalue weighted by atomic mass is 35.5. The van der Waals surface area contributed by atoms with Gasteiger partial charge in [0.1, 0.15) is 23.4 Å². The Morgan fingerprint density at radius 1 is 1.27 bits per heavy atom. The van der Waals surface area contributed by atoms with Gasteiger partial charge in [-0.05, 0) is 31.7 Å². The Balaban J connectivity index is 1.86. The molecule has 10 heteroatoms. The minimum Gasteiger partial charge on any atom is -0.381 e. The summed E-state index contributed by atoms with van der Waals surface area (Å²) in [5.74, 6) is -1.82. The van der Waals surface area contributed by atoms with Crippen LogP contribution in [0.15, 0.2) is 17.2 Å². The predicted molar refractivity (Wildman–Crippen MR) is 93.9 cm³/mol. The average Bonchev–Trinajstić information content (AvgIpc) is 2.89. The molecule has 2 aromatic heterocycles. The molecule has 0 bridgehead atoms. The van der Waals surface area contributed by atoms with Crippen molar-refractivity contribution in [3.63, 3.8) is 0 Å². The van der Waals surface area contributed by atoms with E-state index in [2.05, 4.69) is 20.6 Å².